The van der Waals surface area contributed by atoms with Gasteiger partial charge in [-0.15, -0.1) is 0 Å². The molecule has 0 aliphatic carbocycles. The number of nitriles is 1. The monoisotopic (exact) mass is 466 g/mol. The number of hydrogen-bond acceptors (Lipinski definition) is 6. The molecule has 3 heterocycles. The molecule has 1 aromatic heterocycles. The van der Waals surface area contributed by atoms with Crippen molar-refractivity contribution in [2.75, 3.05) is 38.6 Å². The fraction of sp³-hybridized carbons (Fsp3) is 0.500. The average molecular weight is 467 g/mol. The highest BCUT2D eigenvalue weighted by Crippen LogP contribution is 2.32. The van der Waals surface area contributed by atoms with E-state index in [1.54, 1.807) is 18.1 Å². The van der Waals surface area contributed by atoms with Gasteiger partial charge in [-0.1, -0.05) is 0 Å². The minimum Gasteiger partial charge on any atom is -0.493 e. The van der Waals surface area contributed by atoms with Crippen LogP contribution in [0.4, 0.5) is 5.69 Å². The molecule has 2 saturated heterocycles. The van der Waals surface area contributed by atoms with Gasteiger partial charge in [0.2, 0.25) is 17.8 Å². The van der Waals surface area contributed by atoms with Gasteiger partial charge in [0.15, 0.2) is 17.5 Å². The molecule has 4 rings (SSSR count). The second kappa shape index (κ2) is 10.5. The van der Waals surface area contributed by atoms with Gasteiger partial charge in [-0.05, 0) is 51.2 Å². The van der Waals surface area contributed by atoms with E-state index in [4.69, 9.17) is 9.15 Å². The SMILES string of the molecule is COc1cc(NC(=NC2CCCCN(CC(=O)N3CCCC3)C2=O)NC#N)cc2cc(C)oc12. The number of amides is 2. The van der Waals surface area contributed by atoms with Gasteiger partial charge in [-0.2, -0.15) is 5.26 Å². The maximum absolute atomic E-state index is 13.2. The molecule has 0 bridgehead atoms. The van der Waals surface area contributed by atoms with Crippen LogP contribution in [0.5, 0.6) is 5.75 Å². The van der Waals surface area contributed by atoms with Crippen molar-refractivity contribution in [3.8, 4) is 11.9 Å². The van der Waals surface area contributed by atoms with Crippen LogP contribution >= 0.6 is 0 Å². The first-order chi connectivity index (χ1) is 16.5. The third kappa shape index (κ3) is 5.25. The number of guanidine groups is 1. The first-order valence-corrected chi connectivity index (χ1v) is 11.6. The Kier molecular flexibility index (Phi) is 7.21. The minimum absolute atomic E-state index is 0.0141. The quantitative estimate of drug-likeness (QED) is 0.300. The Bertz CT molecular complexity index is 1130. The molecule has 10 nitrogen and oxygen atoms in total. The number of nitrogens with one attached hydrogen (secondary N) is 2. The van der Waals surface area contributed by atoms with Gasteiger partial charge in [-0.3, -0.25) is 14.9 Å². The van der Waals surface area contributed by atoms with Crippen molar-refractivity contribution in [3.63, 3.8) is 0 Å². The molecule has 2 aromatic rings. The van der Waals surface area contributed by atoms with Crippen LogP contribution in [0.15, 0.2) is 27.6 Å². The molecule has 0 saturated carbocycles. The molecule has 2 N–H and O–H groups in total. The average Bonchev–Trinajstić information content (AvgIpc) is 3.45. The van der Waals surface area contributed by atoms with Crippen molar-refractivity contribution in [1.29, 1.82) is 5.26 Å². The number of methoxy groups -OCH3 is 1. The molecule has 0 spiro atoms. The highest BCUT2D eigenvalue weighted by atomic mass is 16.5. The number of carbonyl (C=O) groups excluding carboxylic acids is 2. The van der Waals surface area contributed by atoms with Gasteiger partial charge in [-0.25, -0.2) is 4.99 Å². The van der Waals surface area contributed by atoms with Crippen LogP contribution < -0.4 is 15.4 Å². The fourth-order valence-corrected chi connectivity index (χ4v) is 4.51. The van der Waals surface area contributed by atoms with Crippen molar-refractivity contribution in [1.82, 2.24) is 15.1 Å². The Balaban J connectivity index is 1.54. The van der Waals surface area contributed by atoms with E-state index in [0.29, 0.717) is 30.0 Å². The number of furan rings is 1. The van der Waals surface area contributed by atoms with Crippen LogP contribution in [-0.4, -0.2) is 66.9 Å². The first kappa shape index (κ1) is 23.4. The second-order valence-electron chi connectivity index (χ2n) is 8.65. The van der Waals surface area contributed by atoms with E-state index < -0.39 is 6.04 Å². The normalized spacial score (nSPS) is 19.1. The molecule has 180 valence electrons. The lowest BCUT2D eigenvalue weighted by atomic mass is 10.1. The summed E-state index contributed by atoms with van der Waals surface area (Å²) in [5, 5.41) is 15.7. The smallest absolute Gasteiger partial charge is 0.247 e. The molecule has 2 aliphatic rings. The van der Waals surface area contributed by atoms with E-state index in [1.807, 2.05) is 30.1 Å². The summed E-state index contributed by atoms with van der Waals surface area (Å²) in [6.07, 6.45) is 6.07. The van der Waals surface area contributed by atoms with Gasteiger partial charge in [0.1, 0.15) is 11.8 Å². The lowest BCUT2D eigenvalue weighted by molar-refractivity contribution is -0.140. The summed E-state index contributed by atoms with van der Waals surface area (Å²) in [4.78, 5) is 33.8. The van der Waals surface area contributed by atoms with Crippen molar-refractivity contribution >= 4 is 34.4 Å². The number of aliphatic imine (C=N–C) groups is 1. The molecular formula is C24H30N6O4. The molecule has 1 unspecified atom stereocenters. The first-order valence-electron chi connectivity index (χ1n) is 11.6. The Morgan fingerprint density at radius 1 is 1.24 bits per heavy atom. The maximum atomic E-state index is 13.2. The molecule has 2 fully saturated rings. The molecule has 34 heavy (non-hydrogen) atoms. The summed E-state index contributed by atoms with van der Waals surface area (Å²) in [6, 6.07) is 4.81. The van der Waals surface area contributed by atoms with Crippen LogP contribution in [0.25, 0.3) is 11.0 Å². The maximum Gasteiger partial charge on any atom is 0.247 e. The third-order valence-corrected chi connectivity index (χ3v) is 6.18. The molecule has 0 radical (unpaired) electrons. The summed E-state index contributed by atoms with van der Waals surface area (Å²) in [6.45, 7) is 3.98. The summed E-state index contributed by atoms with van der Waals surface area (Å²) in [5.74, 6) is 1.25. The van der Waals surface area contributed by atoms with Crippen molar-refractivity contribution in [3.05, 3.63) is 24.0 Å². The highest BCUT2D eigenvalue weighted by Gasteiger charge is 2.30. The topological polar surface area (TPSA) is 123 Å². The fourth-order valence-electron chi connectivity index (χ4n) is 4.51. The van der Waals surface area contributed by atoms with Crippen LogP contribution in [-0.2, 0) is 9.59 Å². The summed E-state index contributed by atoms with van der Waals surface area (Å²) in [7, 11) is 1.56. The van der Waals surface area contributed by atoms with Crippen molar-refractivity contribution in [2.24, 2.45) is 4.99 Å². The minimum atomic E-state index is -0.681. The van der Waals surface area contributed by atoms with Crippen molar-refractivity contribution in [2.45, 2.75) is 45.1 Å². The molecule has 1 atom stereocenters. The van der Waals surface area contributed by atoms with E-state index in [9.17, 15) is 14.9 Å². The van der Waals surface area contributed by atoms with E-state index in [0.717, 1.165) is 49.9 Å². The van der Waals surface area contributed by atoms with Crippen LogP contribution in [0.3, 0.4) is 0 Å². The third-order valence-electron chi connectivity index (χ3n) is 6.18. The number of anilines is 1. The van der Waals surface area contributed by atoms with Gasteiger partial charge < -0.3 is 24.3 Å². The summed E-state index contributed by atoms with van der Waals surface area (Å²) in [5.41, 5.74) is 1.27. The molecular weight excluding hydrogens is 436 g/mol. The molecule has 1 aromatic carbocycles. The van der Waals surface area contributed by atoms with Gasteiger partial charge in [0, 0.05) is 36.8 Å². The van der Waals surface area contributed by atoms with Crippen LogP contribution in [0, 0.1) is 18.4 Å². The van der Waals surface area contributed by atoms with E-state index >= 15 is 0 Å². The molecule has 2 aliphatic heterocycles. The standard InChI is InChI=1S/C24H30N6O4/c1-16-11-17-12-18(13-20(33-2)22(17)34-16)27-24(26-15-25)28-19-7-3-4-10-30(23(19)32)14-21(31)29-8-5-6-9-29/h11-13,19H,3-10,14H2,1-2H3,(H2,26,27,28). The summed E-state index contributed by atoms with van der Waals surface area (Å²) < 4.78 is 11.1. The number of hydrogen-bond donors (Lipinski definition) is 2. The Hall–Kier alpha value is -3.74. The summed E-state index contributed by atoms with van der Waals surface area (Å²) >= 11 is 0. The lowest BCUT2D eigenvalue weighted by Crippen LogP contribution is -2.45. The molecule has 2 amide bonds. The predicted molar refractivity (Wildman–Crippen MR) is 127 cm³/mol. The number of fused-ring (bicyclic) bond motifs is 1. The van der Waals surface area contributed by atoms with Crippen LogP contribution in [0.1, 0.15) is 37.9 Å². The number of benzene rings is 1. The van der Waals surface area contributed by atoms with Gasteiger partial charge in [0.05, 0.1) is 13.7 Å². The van der Waals surface area contributed by atoms with E-state index in [1.165, 1.54) is 0 Å². The predicted octanol–water partition coefficient (Wildman–Crippen LogP) is 2.59. The zero-order valence-electron chi connectivity index (χ0n) is 19.6. The van der Waals surface area contributed by atoms with Gasteiger partial charge >= 0.3 is 0 Å². The van der Waals surface area contributed by atoms with E-state index in [2.05, 4.69) is 15.6 Å². The largest absolute Gasteiger partial charge is 0.493 e. The number of ether oxygens (including phenoxy) is 1. The number of nitrogens with zero attached hydrogens (tertiary/aromatic N) is 4. The zero-order valence-corrected chi connectivity index (χ0v) is 19.6. The van der Waals surface area contributed by atoms with Crippen molar-refractivity contribution < 1.29 is 18.7 Å². The van der Waals surface area contributed by atoms with Gasteiger partial charge in [0.25, 0.3) is 0 Å². The number of carbonyl (C=O) groups is 2. The number of rotatable bonds is 5. The van der Waals surface area contributed by atoms with E-state index in [-0.39, 0.29) is 24.3 Å². The highest BCUT2D eigenvalue weighted by molar-refractivity contribution is 5.99. The number of likely N-dealkylation sites (tertiary alicyclic amines) is 2. The Morgan fingerprint density at radius 3 is 2.74 bits per heavy atom. The van der Waals surface area contributed by atoms with Crippen LogP contribution in [0.2, 0.25) is 0 Å². The zero-order chi connectivity index (χ0) is 24.1. The number of aryl methyl sites for hydroxylation is 1. The lowest BCUT2D eigenvalue weighted by Gasteiger charge is -2.25. The molecule has 10 heteroatoms. The second-order valence-corrected chi connectivity index (χ2v) is 8.65. The Morgan fingerprint density at radius 2 is 2.00 bits per heavy atom. The Labute approximate surface area is 198 Å².